The van der Waals surface area contributed by atoms with Crippen molar-refractivity contribution in [2.75, 3.05) is 20.8 Å². The summed E-state index contributed by atoms with van der Waals surface area (Å²) < 4.78 is 40.4. The Bertz CT molecular complexity index is 532. The van der Waals surface area contributed by atoms with Crippen LogP contribution < -0.4 is 14.2 Å². The Balaban J connectivity index is 3.23. The average molecular weight is 289 g/mol. The van der Waals surface area contributed by atoms with E-state index in [2.05, 4.69) is 4.74 Å². The van der Waals surface area contributed by atoms with E-state index in [-0.39, 0.29) is 23.0 Å². The fourth-order valence-corrected chi connectivity index (χ4v) is 2.62. The topological polar surface area (TPSA) is 90.9 Å². The van der Waals surface area contributed by atoms with Gasteiger partial charge in [-0.25, -0.2) is 17.9 Å². The van der Waals surface area contributed by atoms with Crippen LogP contribution in [0, 0.1) is 0 Å². The minimum absolute atomic E-state index is 0.0599. The molecule has 7 nitrogen and oxygen atoms in total. The van der Waals surface area contributed by atoms with Gasteiger partial charge in [0.15, 0.2) is 4.90 Å². The number of nitrogens with one attached hydrogen (secondary N) is 1. The highest BCUT2D eigenvalue weighted by atomic mass is 32.2. The molecule has 106 valence electrons. The summed E-state index contributed by atoms with van der Waals surface area (Å²) >= 11 is 0. The molecule has 0 saturated carbocycles. The number of ether oxygens (including phenoxy) is 3. The molecule has 0 bridgehead atoms. The van der Waals surface area contributed by atoms with Crippen molar-refractivity contribution in [1.29, 1.82) is 0 Å². The normalized spacial score (nSPS) is 10.7. The number of sulfonamides is 1. The van der Waals surface area contributed by atoms with Gasteiger partial charge in [-0.15, -0.1) is 0 Å². The van der Waals surface area contributed by atoms with Crippen LogP contribution in [0.25, 0.3) is 0 Å². The van der Waals surface area contributed by atoms with Crippen molar-refractivity contribution in [1.82, 2.24) is 4.72 Å². The number of hydrogen-bond donors (Lipinski definition) is 1. The molecule has 0 radical (unpaired) electrons. The summed E-state index contributed by atoms with van der Waals surface area (Å²) in [5.74, 6) is 0.132. The molecule has 8 heteroatoms. The highest BCUT2D eigenvalue weighted by Gasteiger charge is 2.27. The van der Waals surface area contributed by atoms with Crippen molar-refractivity contribution in [3.05, 3.63) is 18.2 Å². The molecule has 0 aliphatic rings. The fourth-order valence-electron chi connectivity index (χ4n) is 1.40. The summed E-state index contributed by atoms with van der Waals surface area (Å²) in [6, 6.07) is 4.46. The van der Waals surface area contributed by atoms with Crippen molar-refractivity contribution in [3.8, 4) is 11.5 Å². The van der Waals surface area contributed by atoms with Crippen LogP contribution in [0.5, 0.6) is 11.5 Å². The molecule has 1 N–H and O–H groups in total. The summed E-state index contributed by atoms with van der Waals surface area (Å²) in [6.07, 6.45) is -1.06. The van der Waals surface area contributed by atoms with E-state index in [4.69, 9.17) is 9.47 Å². The van der Waals surface area contributed by atoms with E-state index >= 15 is 0 Å². The minimum atomic E-state index is -4.14. The summed E-state index contributed by atoms with van der Waals surface area (Å²) in [6.45, 7) is 1.63. The van der Waals surface area contributed by atoms with Crippen LogP contribution in [-0.2, 0) is 14.8 Å². The largest absolute Gasteiger partial charge is 0.495 e. The fraction of sp³-hybridized carbons (Fsp3) is 0.364. The molecule has 0 fully saturated rings. The highest BCUT2D eigenvalue weighted by Crippen LogP contribution is 2.32. The first-order chi connectivity index (χ1) is 8.96. The van der Waals surface area contributed by atoms with Gasteiger partial charge in [0.1, 0.15) is 11.5 Å². The zero-order valence-electron chi connectivity index (χ0n) is 10.8. The number of methoxy groups -OCH3 is 2. The first-order valence-corrected chi connectivity index (χ1v) is 6.85. The van der Waals surface area contributed by atoms with Crippen LogP contribution in [-0.4, -0.2) is 35.3 Å². The Kier molecular flexibility index (Phi) is 4.99. The van der Waals surface area contributed by atoms with Crippen LogP contribution in [0.1, 0.15) is 6.92 Å². The van der Waals surface area contributed by atoms with Crippen LogP contribution >= 0.6 is 0 Å². The van der Waals surface area contributed by atoms with E-state index in [9.17, 15) is 13.2 Å². The number of carbonyl (C=O) groups excluding carboxylic acids is 1. The van der Waals surface area contributed by atoms with Gasteiger partial charge in [0, 0.05) is 0 Å². The highest BCUT2D eigenvalue weighted by molar-refractivity contribution is 7.90. The van der Waals surface area contributed by atoms with Crippen molar-refractivity contribution in [3.63, 3.8) is 0 Å². The second-order valence-corrected chi connectivity index (χ2v) is 4.94. The van der Waals surface area contributed by atoms with Crippen molar-refractivity contribution < 1.29 is 27.4 Å². The molecule has 0 unspecified atom stereocenters. The second kappa shape index (κ2) is 6.28. The predicted molar refractivity (Wildman–Crippen MR) is 66.9 cm³/mol. The zero-order chi connectivity index (χ0) is 14.5. The molecule has 1 rings (SSSR count). The summed E-state index contributed by atoms with van der Waals surface area (Å²) in [5, 5.41) is 0. The summed E-state index contributed by atoms with van der Waals surface area (Å²) in [4.78, 5) is 11.0. The SMILES string of the molecule is CCOC(=O)NS(=O)(=O)c1c(OC)cccc1OC. The molecule has 0 aromatic heterocycles. The van der Waals surface area contributed by atoms with Crippen LogP contribution in [0.4, 0.5) is 4.79 Å². The van der Waals surface area contributed by atoms with Crippen LogP contribution in [0.15, 0.2) is 23.1 Å². The van der Waals surface area contributed by atoms with E-state index in [1.807, 2.05) is 0 Å². The van der Waals surface area contributed by atoms with Crippen LogP contribution in [0.3, 0.4) is 0 Å². The van der Waals surface area contributed by atoms with E-state index in [1.165, 1.54) is 26.4 Å². The Morgan fingerprint density at radius 2 is 1.74 bits per heavy atom. The van der Waals surface area contributed by atoms with E-state index in [0.29, 0.717) is 0 Å². The van der Waals surface area contributed by atoms with Crippen molar-refractivity contribution in [2.45, 2.75) is 11.8 Å². The maximum Gasteiger partial charge on any atom is 0.421 e. The summed E-state index contributed by atoms with van der Waals surface area (Å²) in [7, 11) is -1.51. The van der Waals surface area contributed by atoms with Gasteiger partial charge in [-0.05, 0) is 19.1 Å². The van der Waals surface area contributed by atoms with E-state index < -0.39 is 16.1 Å². The quantitative estimate of drug-likeness (QED) is 0.874. The third kappa shape index (κ3) is 3.50. The predicted octanol–water partition coefficient (Wildman–Crippen LogP) is 1.14. The Labute approximate surface area is 111 Å². The molecule has 0 heterocycles. The summed E-state index contributed by atoms with van der Waals surface area (Å²) in [5.41, 5.74) is 0. The van der Waals surface area contributed by atoms with Gasteiger partial charge in [0.05, 0.1) is 20.8 Å². The monoisotopic (exact) mass is 289 g/mol. The number of rotatable bonds is 5. The van der Waals surface area contributed by atoms with Gasteiger partial charge in [0.2, 0.25) is 0 Å². The lowest BCUT2D eigenvalue weighted by Crippen LogP contribution is -2.31. The minimum Gasteiger partial charge on any atom is -0.495 e. The Morgan fingerprint density at radius 1 is 1.21 bits per heavy atom. The zero-order valence-corrected chi connectivity index (χ0v) is 11.6. The van der Waals surface area contributed by atoms with Gasteiger partial charge < -0.3 is 14.2 Å². The molecule has 0 aliphatic heterocycles. The smallest absolute Gasteiger partial charge is 0.421 e. The standard InChI is InChI=1S/C11H15NO6S/c1-4-18-11(13)12-19(14,15)10-8(16-2)6-5-7-9(10)17-3/h5-7H,4H2,1-3H3,(H,12,13). The van der Waals surface area contributed by atoms with Crippen molar-refractivity contribution >= 4 is 16.1 Å². The van der Waals surface area contributed by atoms with Gasteiger partial charge in [-0.3, -0.25) is 0 Å². The van der Waals surface area contributed by atoms with Crippen molar-refractivity contribution in [2.24, 2.45) is 0 Å². The van der Waals surface area contributed by atoms with E-state index in [1.54, 1.807) is 17.7 Å². The second-order valence-electron chi connectivity index (χ2n) is 3.32. The maximum atomic E-state index is 12.1. The molecular weight excluding hydrogens is 274 g/mol. The number of benzene rings is 1. The van der Waals surface area contributed by atoms with Gasteiger partial charge >= 0.3 is 6.09 Å². The van der Waals surface area contributed by atoms with E-state index in [0.717, 1.165) is 0 Å². The Hall–Kier alpha value is -1.96. The molecule has 1 amide bonds. The lowest BCUT2D eigenvalue weighted by atomic mass is 10.3. The average Bonchev–Trinajstić information content (AvgIpc) is 2.37. The molecule has 0 aliphatic carbocycles. The number of amides is 1. The lowest BCUT2D eigenvalue weighted by molar-refractivity contribution is 0.158. The number of hydrogen-bond acceptors (Lipinski definition) is 6. The van der Waals surface area contributed by atoms with Gasteiger partial charge in [0.25, 0.3) is 10.0 Å². The molecule has 0 atom stereocenters. The molecular formula is C11H15NO6S. The third-order valence-corrected chi connectivity index (χ3v) is 3.52. The molecule has 19 heavy (non-hydrogen) atoms. The van der Waals surface area contributed by atoms with Gasteiger partial charge in [-0.2, -0.15) is 0 Å². The Morgan fingerprint density at radius 3 is 2.16 bits per heavy atom. The van der Waals surface area contributed by atoms with Gasteiger partial charge in [-0.1, -0.05) is 6.07 Å². The lowest BCUT2D eigenvalue weighted by Gasteiger charge is -2.13. The molecule has 1 aromatic carbocycles. The number of carbonyl (C=O) groups is 1. The first kappa shape index (κ1) is 15.1. The maximum absolute atomic E-state index is 12.1. The van der Waals surface area contributed by atoms with Crippen LogP contribution in [0.2, 0.25) is 0 Å². The molecule has 0 saturated heterocycles. The molecule has 1 aromatic rings. The third-order valence-electron chi connectivity index (χ3n) is 2.14. The first-order valence-electron chi connectivity index (χ1n) is 5.36. The molecule has 0 spiro atoms.